The summed E-state index contributed by atoms with van der Waals surface area (Å²) in [7, 11) is 0. The van der Waals surface area contributed by atoms with Gasteiger partial charge in [0.1, 0.15) is 0 Å². The van der Waals surface area contributed by atoms with Gasteiger partial charge in [0.2, 0.25) is 0 Å². The second kappa shape index (κ2) is 4.01. The third kappa shape index (κ3) is 1.69. The lowest BCUT2D eigenvalue weighted by atomic mass is 9.96. The van der Waals surface area contributed by atoms with E-state index >= 15 is 0 Å². The van der Waals surface area contributed by atoms with E-state index in [0.717, 1.165) is 24.9 Å². The highest BCUT2D eigenvalue weighted by molar-refractivity contribution is 5.85. The van der Waals surface area contributed by atoms with Crippen molar-refractivity contribution < 1.29 is 9.90 Å². The van der Waals surface area contributed by atoms with Crippen molar-refractivity contribution in [2.75, 3.05) is 11.4 Å². The molecule has 1 aliphatic heterocycles. The second-order valence-electron chi connectivity index (χ2n) is 5.62. The number of carboxylic acid groups (broad SMARTS) is 1. The fraction of sp³-hybridized carbons (Fsp3) is 0.533. The predicted molar refractivity (Wildman–Crippen MR) is 71.0 cm³/mol. The molecule has 18 heavy (non-hydrogen) atoms. The topological polar surface area (TPSA) is 40.5 Å². The van der Waals surface area contributed by atoms with E-state index < -0.39 is 11.4 Å². The quantitative estimate of drug-likeness (QED) is 0.890. The molecule has 2 aliphatic rings. The number of anilines is 1. The number of nitrogens with zero attached hydrogens (tertiary/aromatic N) is 1. The molecule has 1 saturated heterocycles. The van der Waals surface area contributed by atoms with Crippen LogP contribution in [0.15, 0.2) is 24.3 Å². The maximum Gasteiger partial charge on any atom is 0.314 e. The van der Waals surface area contributed by atoms with Crippen molar-refractivity contribution >= 4 is 11.7 Å². The summed E-state index contributed by atoms with van der Waals surface area (Å²) in [6, 6.07) is 8.77. The first-order valence-electron chi connectivity index (χ1n) is 6.74. The molecule has 0 radical (unpaired) electrons. The van der Waals surface area contributed by atoms with Crippen LogP contribution < -0.4 is 4.90 Å². The number of rotatable bonds is 3. The zero-order valence-corrected chi connectivity index (χ0v) is 10.7. The number of carboxylic acids is 1. The molecule has 1 aromatic rings. The van der Waals surface area contributed by atoms with E-state index in [0.29, 0.717) is 6.04 Å². The van der Waals surface area contributed by atoms with Crippen molar-refractivity contribution in [2.45, 2.75) is 44.1 Å². The van der Waals surface area contributed by atoms with Gasteiger partial charge in [-0.2, -0.15) is 0 Å². The fourth-order valence-corrected chi connectivity index (χ4v) is 3.04. The van der Waals surface area contributed by atoms with Gasteiger partial charge < -0.3 is 10.0 Å². The number of hydrogen-bond donors (Lipinski definition) is 1. The number of carbonyl (C=O) groups is 1. The van der Waals surface area contributed by atoms with Gasteiger partial charge >= 0.3 is 5.97 Å². The van der Waals surface area contributed by atoms with Crippen LogP contribution in [0.3, 0.4) is 0 Å². The van der Waals surface area contributed by atoms with E-state index in [-0.39, 0.29) is 0 Å². The average molecular weight is 245 g/mol. The highest BCUT2D eigenvalue weighted by atomic mass is 16.4. The van der Waals surface area contributed by atoms with Crippen LogP contribution in [0.1, 0.15) is 38.2 Å². The summed E-state index contributed by atoms with van der Waals surface area (Å²) < 4.78 is 0. The second-order valence-corrected chi connectivity index (χ2v) is 5.62. The molecule has 1 heterocycles. The van der Waals surface area contributed by atoms with Crippen molar-refractivity contribution in [2.24, 2.45) is 0 Å². The van der Waals surface area contributed by atoms with Crippen LogP contribution in [-0.2, 0) is 10.2 Å². The van der Waals surface area contributed by atoms with Crippen LogP contribution in [0.25, 0.3) is 0 Å². The maximum absolute atomic E-state index is 11.3. The Kier molecular flexibility index (Phi) is 2.58. The number of hydrogen-bond acceptors (Lipinski definition) is 2. The molecule has 1 unspecified atom stereocenters. The molecular weight excluding hydrogens is 226 g/mol. The van der Waals surface area contributed by atoms with Crippen LogP contribution in [-0.4, -0.2) is 23.7 Å². The molecule has 0 amide bonds. The monoisotopic (exact) mass is 245 g/mol. The molecule has 96 valence electrons. The highest BCUT2D eigenvalue weighted by Gasteiger charge is 2.51. The van der Waals surface area contributed by atoms with E-state index in [2.05, 4.69) is 24.0 Å². The Labute approximate surface area is 107 Å². The third-order valence-corrected chi connectivity index (χ3v) is 4.46. The molecule has 3 nitrogen and oxygen atoms in total. The van der Waals surface area contributed by atoms with Gasteiger partial charge in [0.25, 0.3) is 0 Å². The van der Waals surface area contributed by atoms with Gasteiger partial charge in [-0.25, -0.2) is 0 Å². The minimum absolute atomic E-state index is 0.574. The molecular formula is C15H19NO2. The van der Waals surface area contributed by atoms with E-state index in [1.54, 1.807) is 0 Å². The van der Waals surface area contributed by atoms with Crippen LogP contribution in [0, 0.1) is 0 Å². The smallest absolute Gasteiger partial charge is 0.314 e. The summed E-state index contributed by atoms with van der Waals surface area (Å²) in [5.41, 5.74) is 1.62. The number of benzene rings is 1. The Hall–Kier alpha value is -1.51. The zero-order chi connectivity index (χ0) is 12.8. The van der Waals surface area contributed by atoms with Crippen LogP contribution >= 0.6 is 0 Å². The predicted octanol–water partition coefficient (Wildman–Crippen LogP) is 2.79. The Balaban J connectivity index is 1.83. The van der Waals surface area contributed by atoms with E-state index in [4.69, 9.17) is 0 Å². The van der Waals surface area contributed by atoms with Gasteiger partial charge in [-0.1, -0.05) is 12.1 Å². The molecule has 3 rings (SSSR count). The summed E-state index contributed by atoms with van der Waals surface area (Å²) in [5, 5.41) is 9.27. The molecule has 0 bridgehead atoms. The first kappa shape index (κ1) is 11.6. The van der Waals surface area contributed by atoms with Crippen molar-refractivity contribution in [3.05, 3.63) is 29.8 Å². The minimum atomic E-state index is -0.676. The van der Waals surface area contributed by atoms with Crippen molar-refractivity contribution in [3.8, 4) is 0 Å². The summed E-state index contributed by atoms with van der Waals surface area (Å²) in [6.45, 7) is 3.37. The average Bonchev–Trinajstić information content (AvgIpc) is 3.08. The molecule has 1 saturated carbocycles. The van der Waals surface area contributed by atoms with Crippen LogP contribution in [0.2, 0.25) is 0 Å². The Bertz CT molecular complexity index is 462. The Morgan fingerprint density at radius 2 is 2.00 bits per heavy atom. The largest absolute Gasteiger partial charge is 0.481 e. The lowest BCUT2D eigenvalue weighted by Crippen LogP contribution is -2.26. The van der Waals surface area contributed by atoms with Crippen molar-refractivity contribution in [3.63, 3.8) is 0 Å². The molecule has 2 fully saturated rings. The molecule has 0 spiro atoms. The summed E-state index contributed by atoms with van der Waals surface area (Å²) in [5.74, 6) is -0.676. The van der Waals surface area contributed by atoms with Gasteiger partial charge in [0.15, 0.2) is 0 Å². The summed E-state index contributed by atoms with van der Waals surface area (Å²) in [4.78, 5) is 13.7. The van der Waals surface area contributed by atoms with Crippen LogP contribution in [0.5, 0.6) is 0 Å². The first-order chi connectivity index (χ1) is 8.63. The lowest BCUT2D eigenvalue weighted by molar-refractivity contribution is -0.140. The summed E-state index contributed by atoms with van der Waals surface area (Å²) >= 11 is 0. The molecule has 3 heteroatoms. The lowest BCUT2D eigenvalue weighted by Gasteiger charge is -2.24. The van der Waals surface area contributed by atoms with Gasteiger partial charge in [0.05, 0.1) is 5.41 Å². The van der Waals surface area contributed by atoms with E-state index in [1.165, 1.54) is 18.5 Å². The molecule has 1 aliphatic carbocycles. The Morgan fingerprint density at radius 3 is 2.44 bits per heavy atom. The van der Waals surface area contributed by atoms with Gasteiger partial charge in [-0.15, -0.1) is 0 Å². The third-order valence-electron chi connectivity index (χ3n) is 4.46. The van der Waals surface area contributed by atoms with E-state index in [9.17, 15) is 9.90 Å². The fourth-order valence-electron chi connectivity index (χ4n) is 3.04. The van der Waals surface area contributed by atoms with E-state index in [1.807, 2.05) is 12.1 Å². The minimum Gasteiger partial charge on any atom is -0.481 e. The van der Waals surface area contributed by atoms with Gasteiger partial charge in [0, 0.05) is 18.3 Å². The van der Waals surface area contributed by atoms with Gasteiger partial charge in [-0.3, -0.25) is 4.79 Å². The zero-order valence-electron chi connectivity index (χ0n) is 10.7. The SMILES string of the molecule is CC1CCCN1c1ccc(C2(C(=O)O)CC2)cc1. The molecule has 1 atom stereocenters. The molecule has 1 N–H and O–H groups in total. The standard InChI is InChI=1S/C15H19NO2/c1-11-3-2-10-16(11)13-6-4-12(5-7-13)15(8-9-15)14(17)18/h4-7,11H,2-3,8-10H2,1H3,(H,17,18). The first-order valence-corrected chi connectivity index (χ1v) is 6.74. The Morgan fingerprint density at radius 1 is 1.33 bits per heavy atom. The normalized spacial score (nSPS) is 25.2. The van der Waals surface area contributed by atoms with Crippen molar-refractivity contribution in [1.82, 2.24) is 0 Å². The molecule has 0 aromatic heterocycles. The molecule has 1 aromatic carbocycles. The number of aliphatic carboxylic acids is 1. The van der Waals surface area contributed by atoms with Crippen LogP contribution in [0.4, 0.5) is 5.69 Å². The van der Waals surface area contributed by atoms with Gasteiger partial charge in [-0.05, 0) is 50.3 Å². The summed E-state index contributed by atoms with van der Waals surface area (Å²) in [6.07, 6.45) is 4.06. The maximum atomic E-state index is 11.3. The highest BCUT2D eigenvalue weighted by Crippen LogP contribution is 2.48. The van der Waals surface area contributed by atoms with Crippen molar-refractivity contribution in [1.29, 1.82) is 0 Å².